The number of aliphatic hydroxyl groups excluding tert-OH is 1. The van der Waals surface area contributed by atoms with Gasteiger partial charge in [0, 0.05) is 29.9 Å². The average molecular weight is 432 g/mol. The summed E-state index contributed by atoms with van der Waals surface area (Å²) in [5.41, 5.74) is 2.31. The van der Waals surface area contributed by atoms with Gasteiger partial charge in [-0.2, -0.15) is 0 Å². The number of pyridine rings is 1. The molecule has 0 saturated heterocycles. The molecular weight excluding hydrogens is 412 g/mol. The van der Waals surface area contributed by atoms with Gasteiger partial charge in [-0.05, 0) is 23.8 Å². The van der Waals surface area contributed by atoms with Gasteiger partial charge in [-0.1, -0.05) is 48.5 Å². The molecule has 1 aromatic heterocycles. The van der Waals surface area contributed by atoms with E-state index in [1.165, 1.54) is 0 Å². The van der Waals surface area contributed by atoms with Gasteiger partial charge in [0.15, 0.2) is 6.10 Å². The molecular formula is C24H20N2O6. The minimum atomic E-state index is -2.85. The fraction of sp³-hybridized carbons (Fsp3) is 0.125. The highest BCUT2D eigenvalue weighted by Crippen LogP contribution is 2.28. The smallest absolute Gasteiger partial charge is 0.393 e. The van der Waals surface area contributed by atoms with E-state index in [4.69, 9.17) is 9.47 Å². The van der Waals surface area contributed by atoms with Crippen molar-refractivity contribution >= 4 is 34.6 Å². The Bertz CT molecular complexity index is 1170. The lowest BCUT2D eigenvalue weighted by atomic mass is 10.1. The SMILES string of the molecule is O=C1C=CC(=O)OC(O)(C(O)CN(/C=C/c2ccccc2)c2ccnc3ccccc23)O1. The third-order valence-electron chi connectivity index (χ3n) is 4.82. The highest BCUT2D eigenvalue weighted by Gasteiger charge is 2.46. The van der Waals surface area contributed by atoms with Crippen LogP contribution in [0, 0.1) is 0 Å². The first kappa shape index (κ1) is 21.2. The summed E-state index contributed by atoms with van der Waals surface area (Å²) in [5.74, 6) is -4.88. The molecule has 0 fully saturated rings. The number of benzene rings is 2. The molecule has 2 aromatic carbocycles. The van der Waals surface area contributed by atoms with Crippen molar-refractivity contribution in [3.8, 4) is 0 Å². The van der Waals surface area contributed by atoms with Crippen molar-refractivity contribution in [1.82, 2.24) is 4.98 Å². The summed E-state index contributed by atoms with van der Waals surface area (Å²) in [7, 11) is 0. The van der Waals surface area contributed by atoms with Crippen LogP contribution in [0.2, 0.25) is 0 Å². The van der Waals surface area contributed by atoms with Crippen LogP contribution in [0.3, 0.4) is 0 Å². The quantitative estimate of drug-likeness (QED) is 0.572. The van der Waals surface area contributed by atoms with Crippen molar-refractivity contribution < 1.29 is 29.3 Å². The van der Waals surface area contributed by atoms with E-state index < -0.39 is 24.0 Å². The lowest BCUT2D eigenvalue weighted by Crippen LogP contribution is -2.53. The number of cyclic esters (lactones) is 2. The molecule has 4 rings (SSSR count). The molecule has 0 aliphatic carbocycles. The molecule has 8 nitrogen and oxygen atoms in total. The number of anilines is 1. The number of fused-ring (bicyclic) bond motifs is 1. The third-order valence-corrected chi connectivity index (χ3v) is 4.82. The van der Waals surface area contributed by atoms with Gasteiger partial charge in [0.05, 0.1) is 17.7 Å². The molecule has 0 radical (unpaired) electrons. The summed E-state index contributed by atoms with van der Waals surface area (Å²) < 4.78 is 9.58. The van der Waals surface area contributed by atoms with Crippen LogP contribution in [0.4, 0.5) is 5.69 Å². The minimum absolute atomic E-state index is 0.269. The van der Waals surface area contributed by atoms with E-state index in [-0.39, 0.29) is 6.54 Å². The number of carbonyl (C=O) groups excluding carboxylic acids is 2. The van der Waals surface area contributed by atoms with Crippen LogP contribution < -0.4 is 4.90 Å². The maximum atomic E-state index is 11.7. The number of aromatic nitrogens is 1. The van der Waals surface area contributed by atoms with E-state index in [9.17, 15) is 19.8 Å². The van der Waals surface area contributed by atoms with E-state index in [2.05, 4.69) is 4.98 Å². The Labute approximate surface area is 183 Å². The zero-order valence-electron chi connectivity index (χ0n) is 16.9. The number of aliphatic hydroxyl groups is 2. The molecule has 2 N–H and O–H groups in total. The molecule has 1 aliphatic heterocycles. The molecule has 0 spiro atoms. The van der Waals surface area contributed by atoms with Crippen molar-refractivity contribution in [2.45, 2.75) is 12.1 Å². The van der Waals surface area contributed by atoms with Crippen molar-refractivity contribution in [1.29, 1.82) is 0 Å². The molecule has 0 saturated carbocycles. The molecule has 1 aliphatic rings. The van der Waals surface area contributed by atoms with Crippen LogP contribution in [-0.2, 0) is 19.1 Å². The molecule has 1 atom stereocenters. The second-order valence-electron chi connectivity index (χ2n) is 7.05. The number of rotatable bonds is 6. The zero-order chi connectivity index (χ0) is 22.6. The lowest BCUT2D eigenvalue weighted by molar-refractivity contribution is -0.354. The Hall–Kier alpha value is -4.01. The number of para-hydroxylation sites is 1. The largest absolute Gasteiger partial charge is 0.403 e. The van der Waals surface area contributed by atoms with Crippen molar-refractivity contribution in [3.63, 3.8) is 0 Å². The van der Waals surface area contributed by atoms with Crippen molar-refractivity contribution in [2.24, 2.45) is 0 Å². The monoisotopic (exact) mass is 432 g/mol. The number of hydrogen-bond acceptors (Lipinski definition) is 8. The topological polar surface area (TPSA) is 109 Å². The first-order chi connectivity index (χ1) is 15.4. The molecule has 3 aromatic rings. The van der Waals surface area contributed by atoms with Gasteiger partial charge in [-0.25, -0.2) is 9.59 Å². The molecule has 1 unspecified atom stereocenters. The highest BCUT2D eigenvalue weighted by atomic mass is 16.8. The second kappa shape index (κ2) is 9.01. The maximum absolute atomic E-state index is 11.7. The first-order valence-corrected chi connectivity index (χ1v) is 9.83. The third kappa shape index (κ3) is 4.66. The first-order valence-electron chi connectivity index (χ1n) is 9.83. The van der Waals surface area contributed by atoms with Crippen LogP contribution in [0.1, 0.15) is 5.56 Å². The van der Waals surface area contributed by atoms with Crippen LogP contribution in [0.25, 0.3) is 17.0 Å². The molecule has 0 bridgehead atoms. The fourth-order valence-electron chi connectivity index (χ4n) is 3.26. The summed E-state index contributed by atoms with van der Waals surface area (Å²) in [6, 6.07) is 18.7. The number of carbonyl (C=O) groups is 2. The maximum Gasteiger partial charge on any atom is 0.403 e. The lowest BCUT2D eigenvalue weighted by Gasteiger charge is -2.32. The Balaban J connectivity index is 1.70. The standard InChI is InChI=1S/C24H20N2O6/c27-21(24(30)31-22(28)10-11-23(29)32-24)16-26(15-13-17-6-2-1-3-7-17)20-12-14-25-19-9-5-4-8-18(19)20/h1-15,21,27,30H,16H2/b15-13+. The van der Waals surface area contributed by atoms with Crippen molar-refractivity contribution in [2.75, 3.05) is 11.4 Å². The highest BCUT2D eigenvalue weighted by molar-refractivity contribution is 5.93. The Morgan fingerprint density at radius 1 is 0.969 bits per heavy atom. The van der Waals surface area contributed by atoms with Crippen LogP contribution in [0.15, 0.2) is 85.2 Å². The number of nitrogens with zero attached hydrogens (tertiary/aromatic N) is 2. The van der Waals surface area contributed by atoms with Gasteiger partial charge in [0.2, 0.25) is 0 Å². The number of esters is 2. The van der Waals surface area contributed by atoms with Gasteiger partial charge < -0.3 is 24.6 Å². The Kier molecular flexibility index (Phi) is 5.98. The van der Waals surface area contributed by atoms with E-state index >= 15 is 0 Å². The summed E-state index contributed by atoms with van der Waals surface area (Å²) in [6.07, 6.45) is 4.99. The summed E-state index contributed by atoms with van der Waals surface area (Å²) in [6.45, 7) is -0.269. The van der Waals surface area contributed by atoms with Gasteiger partial charge in [-0.3, -0.25) is 4.98 Å². The zero-order valence-corrected chi connectivity index (χ0v) is 16.9. The van der Waals surface area contributed by atoms with Crippen LogP contribution in [0.5, 0.6) is 0 Å². The van der Waals surface area contributed by atoms with Crippen molar-refractivity contribution in [3.05, 3.63) is 90.8 Å². The van der Waals surface area contributed by atoms with Gasteiger partial charge in [-0.15, -0.1) is 0 Å². The number of hydrogen-bond donors (Lipinski definition) is 2. The van der Waals surface area contributed by atoms with Crippen LogP contribution >= 0.6 is 0 Å². The summed E-state index contributed by atoms with van der Waals surface area (Å²) >= 11 is 0. The second-order valence-corrected chi connectivity index (χ2v) is 7.05. The minimum Gasteiger partial charge on any atom is -0.393 e. The van der Waals surface area contributed by atoms with Gasteiger partial charge in [0.1, 0.15) is 0 Å². The molecule has 32 heavy (non-hydrogen) atoms. The average Bonchev–Trinajstić information content (AvgIpc) is 2.94. The predicted molar refractivity (Wildman–Crippen MR) is 117 cm³/mol. The van der Waals surface area contributed by atoms with Gasteiger partial charge >= 0.3 is 17.9 Å². The summed E-state index contributed by atoms with van der Waals surface area (Å²) in [4.78, 5) is 29.5. The van der Waals surface area contributed by atoms with Gasteiger partial charge in [0.25, 0.3) is 0 Å². The predicted octanol–water partition coefficient (Wildman–Crippen LogP) is 2.38. The van der Waals surface area contributed by atoms with E-state index in [1.54, 1.807) is 23.4 Å². The fourth-order valence-corrected chi connectivity index (χ4v) is 3.26. The van der Waals surface area contributed by atoms with Crippen LogP contribution in [-0.4, -0.2) is 45.8 Å². The Morgan fingerprint density at radius 2 is 1.62 bits per heavy atom. The normalized spacial score (nSPS) is 16.4. The molecule has 162 valence electrons. The van der Waals surface area contributed by atoms with E-state index in [1.807, 2.05) is 60.7 Å². The molecule has 8 heteroatoms. The van der Waals surface area contributed by atoms with E-state index in [0.29, 0.717) is 5.69 Å². The molecule has 2 heterocycles. The summed E-state index contributed by atoms with van der Waals surface area (Å²) in [5, 5.41) is 22.2. The Morgan fingerprint density at radius 3 is 2.34 bits per heavy atom. The number of ether oxygens (including phenoxy) is 2. The van der Waals surface area contributed by atoms with E-state index in [0.717, 1.165) is 28.6 Å². The molecule has 0 amide bonds.